The van der Waals surface area contributed by atoms with Crippen molar-refractivity contribution in [1.29, 1.82) is 0 Å². The lowest BCUT2D eigenvalue weighted by Crippen LogP contribution is -2.18. The quantitative estimate of drug-likeness (QED) is 0.809. The third-order valence-corrected chi connectivity index (χ3v) is 3.25. The van der Waals surface area contributed by atoms with Crippen LogP contribution in [0.1, 0.15) is 30.5 Å². The van der Waals surface area contributed by atoms with Crippen LogP contribution in [0, 0.1) is 0 Å². The normalized spacial score (nSPS) is 17.3. The van der Waals surface area contributed by atoms with Gasteiger partial charge in [0.05, 0.1) is 7.11 Å². The van der Waals surface area contributed by atoms with Gasteiger partial charge in [0.25, 0.3) is 0 Å². The van der Waals surface area contributed by atoms with E-state index in [4.69, 9.17) is 4.74 Å². The summed E-state index contributed by atoms with van der Waals surface area (Å²) in [6.45, 7) is 3.03. The van der Waals surface area contributed by atoms with Crippen molar-refractivity contribution in [3.05, 3.63) is 29.3 Å². The third kappa shape index (κ3) is 2.64. The molecular weight excluding hydrogens is 230 g/mol. The Hall–Kier alpha value is -1.55. The highest BCUT2D eigenvalue weighted by atomic mass is 16.6. The number of benzene rings is 1. The van der Waals surface area contributed by atoms with E-state index >= 15 is 0 Å². The number of carbonyl (C=O) groups excluding carboxylic acids is 1. The van der Waals surface area contributed by atoms with Crippen LogP contribution in [0.5, 0.6) is 5.75 Å². The molecule has 0 bridgehead atoms. The number of ether oxygens (including phenoxy) is 2. The summed E-state index contributed by atoms with van der Waals surface area (Å²) in [7, 11) is 1.36. The smallest absolute Gasteiger partial charge is 0.343 e. The topological polar surface area (TPSA) is 47.6 Å². The van der Waals surface area contributed by atoms with Gasteiger partial charge >= 0.3 is 5.97 Å². The zero-order chi connectivity index (χ0) is 13.0. The molecule has 4 heteroatoms. The predicted octanol–water partition coefficient (Wildman–Crippen LogP) is 1.84. The lowest BCUT2D eigenvalue weighted by Gasteiger charge is -2.13. The molecule has 98 valence electrons. The molecule has 1 aliphatic carbocycles. The molecule has 0 aliphatic heterocycles. The fourth-order valence-electron chi connectivity index (χ4n) is 2.41. The van der Waals surface area contributed by atoms with E-state index in [0.717, 1.165) is 25.1 Å². The first-order valence-corrected chi connectivity index (χ1v) is 6.31. The lowest BCUT2D eigenvalue weighted by atomic mass is 10.1. The largest absolute Gasteiger partial charge is 0.482 e. The van der Waals surface area contributed by atoms with Crippen LogP contribution in [0.15, 0.2) is 18.2 Å². The number of methoxy groups -OCH3 is 1. The second-order valence-corrected chi connectivity index (χ2v) is 4.34. The average Bonchev–Trinajstić information content (AvgIpc) is 2.80. The number of esters is 1. The van der Waals surface area contributed by atoms with Crippen molar-refractivity contribution < 1.29 is 14.3 Å². The molecule has 1 aromatic rings. The lowest BCUT2D eigenvalue weighted by molar-refractivity contribution is -0.142. The molecule has 0 saturated carbocycles. The van der Waals surface area contributed by atoms with Gasteiger partial charge in [0, 0.05) is 6.04 Å². The number of hydrogen-bond acceptors (Lipinski definition) is 4. The molecule has 0 radical (unpaired) electrons. The molecule has 0 spiro atoms. The van der Waals surface area contributed by atoms with Gasteiger partial charge in [-0.2, -0.15) is 0 Å². The maximum atomic E-state index is 11.1. The molecule has 0 aromatic heterocycles. The predicted molar refractivity (Wildman–Crippen MR) is 68.7 cm³/mol. The number of fused-ring (bicyclic) bond motifs is 1. The van der Waals surface area contributed by atoms with Gasteiger partial charge in [-0.1, -0.05) is 19.1 Å². The molecule has 18 heavy (non-hydrogen) atoms. The zero-order valence-corrected chi connectivity index (χ0v) is 10.9. The monoisotopic (exact) mass is 249 g/mol. The molecule has 1 unspecified atom stereocenters. The van der Waals surface area contributed by atoms with Crippen LogP contribution in [0.25, 0.3) is 0 Å². The number of carbonyl (C=O) groups is 1. The van der Waals surface area contributed by atoms with Crippen LogP contribution in [0.4, 0.5) is 0 Å². The first kappa shape index (κ1) is 12.9. The Bertz CT molecular complexity index is 431. The van der Waals surface area contributed by atoms with E-state index in [0.29, 0.717) is 6.04 Å². The molecular formula is C14H19NO3. The van der Waals surface area contributed by atoms with Crippen molar-refractivity contribution in [3.8, 4) is 5.75 Å². The van der Waals surface area contributed by atoms with Crippen molar-refractivity contribution in [2.24, 2.45) is 0 Å². The van der Waals surface area contributed by atoms with Crippen LogP contribution < -0.4 is 10.1 Å². The van der Waals surface area contributed by atoms with E-state index in [2.05, 4.69) is 23.0 Å². The van der Waals surface area contributed by atoms with E-state index in [1.54, 1.807) is 0 Å². The third-order valence-electron chi connectivity index (χ3n) is 3.25. The summed E-state index contributed by atoms with van der Waals surface area (Å²) in [5, 5.41) is 3.46. The molecule has 4 nitrogen and oxygen atoms in total. The van der Waals surface area contributed by atoms with Gasteiger partial charge in [0.15, 0.2) is 6.61 Å². The molecule has 1 aromatic carbocycles. The van der Waals surface area contributed by atoms with Crippen molar-refractivity contribution >= 4 is 5.97 Å². The van der Waals surface area contributed by atoms with Gasteiger partial charge in [0.2, 0.25) is 0 Å². The Labute approximate surface area is 107 Å². The van der Waals surface area contributed by atoms with Crippen molar-refractivity contribution in [2.75, 3.05) is 20.3 Å². The maximum absolute atomic E-state index is 11.1. The highest BCUT2D eigenvalue weighted by molar-refractivity contribution is 5.71. The van der Waals surface area contributed by atoms with Crippen LogP contribution in [-0.2, 0) is 16.0 Å². The summed E-state index contributed by atoms with van der Waals surface area (Å²) >= 11 is 0. The maximum Gasteiger partial charge on any atom is 0.343 e. The van der Waals surface area contributed by atoms with Crippen LogP contribution in [0.2, 0.25) is 0 Å². The molecule has 0 saturated heterocycles. The van der Waals surface area contributed by atoms with Gasteiger partial charge < -0.3 is 14.8 Å². The van der Waals surface area contributed by atoms with Gasteiger partial charge in [0.1, 0.15) is 5.75 Å². The van der Waals surface area contributed by atoms with Crippen molar-refractivity contribution in [1.82, 2.24) is 5.32 Å². The molecule has 0 amide bonds. The van der Waals surface area contributed by atoms with E-state index in [1.807, 2.05) is 12.1 Å². The van der Waals surface area contributed by atoms with E-state index < -0.39 is 0 Å². The van der Waals surface area contributed by atoms with E-state index in [1.165, 1.54) is 18.2 Å². The van der Waals surface area contributed by atoms with Gasteiger partial charge in [-0.05, 0) is 36.6 Å². The van der Waals surface area contributed by atoms with E-state index in [-0.39, 0.29) is 12.6 Å². The summed E-state index contributed by atoms with van der Waals surface area (Å²) in [5.74, 6) is 0.451. The van der Waals surface area contributed by atoms with E-state index in [9.17, 15) is 4.79 Å². The molecule has 0 fully saturated rings. The Morgan fingerprint density at radius 3 is 3.06 bits per heavy atom. The molecule has 1 atom stereocenters. The Balaban J connectivity index is 2.12. The second-order valence-electron chi connectivity index (χ2n) is 4.34. The van der Waals surface area contributed by atoms with Crippen molar-refractivity contribution in [3.63, 3.8) is 0 Å². The summed E-state index contributed by atoms with van der Waals surface area (Å²) < 4.78 is 10.1. The standard InChI is InChI=1S/C14H19NO3/c1-3-15-12-8-7-11-10(12)5-4-6-13(11)18-9-14(16)17-2/h4-6,12,15H,3,7-9H2,1-2H3. The van der Waals surface area contributed by atoms with Gasteiger partial charge in [-0.25, -0.2) is 4.79 Å². The van der Waals surface area contributed by atoms with Crippen molar-refractivity contribution in [2.45, 2.75) is 25.8 Å². The number of hydrogen-bond donors (Lipinski definition) is 1. The Morgan fingerprint density at radius 1 is 1.50 bits per heavy atom. The van der Waals surface area contributed by atoms with Crippen LogP contribution >= 0.6 is 0 Å². The average molecular weight is 249 g/mol. The molecule has 1 aliphatic rings. The molecule has 0 heterocycles. The summed E-state index contributed by atoms with van der Waals surface area (Å²) in [4.78, 5) is 11.1. The van der Waals surface area contributed by atoms with Crippen LogP contribution in [-0.4, -0.2) is 26.2 Å². The van der Waals surface area contributed by atoms with Crippen LogP contribution in [0.3, 0.4) is 0 Å². The Kier molecular flexibility index (Phi) is 4.20. The summed E-state index contributed by atoms with van der Waals surface area (Å²) in [6.07, 6.45) is 2.08. The molecule has 2 rings (SSSR count). The fraction of sp³-hybridized carbons (Fsp3) is 0.500. The second kappa shape index (κ2) is 5.87. The number of nitrogens with one attached hydrogen (secondary N) is 1. The molecule has 1 N–H and O–H groups in total. The zero-order valence-electron chi connectivity index (χ0n) is 10.9. The number of rotatable bonds is 5. The highest BCUT2D eigenvalue weighted by Crippen LogP contribution is 2.36. The minimum absolute atomic E-state index is 0.0289. The highest BCUT2D eigenvalue weighted by Gasteiger charge is 2.24. The first-order chi connectivity index (χ1) is 8.76. The fourth-order valence-corrected chi connectivity index (χ4v) is 2.41. The van der Waals surface area contributed by atoms with Gasteiger partial charge in [-0.3, -0.25) is 0 Å². The summed E-state index contributed by atoms with van der Waals surface area (Å²) in [6, 6.07) is 6.42. The first-order valence-electron chi connectivity index (χ1n) is 6.31. The minimum atomic E-state index is -0.353. The van der Waals surface area contributed by atoms with Gasteiger partial charge in [-0.15, -0.1) is 0 Å². The minimum Gasteiger partial charge on any atom is -0.482 e. The Morgan fingerprint density at radius 2 is 2.33 bits per heavy atom. The SMILES string of the molecule is CCNC1CCc2c(OCC(=O)OC)cccc21. The summed E-state index contributed by atoms with van der Waals surface area (Å²) in [5.41, 5.74) is 2.51.